The Balaban J connectivity index is 1.34. The molecule has 0 saturated heterocycles. The number of rotatable bonds is 4. The zero-order valence-electron chi connectivity index (χ0n) is 23.0. The lowest BCUT2D eigenvalue weighted by Crippen LogP contribution is -1.96. The lowest BCUT2D eigenvalue weighted by molar-refractivity contribution is 0.413. The third kappa shape index (κ3) is 3.54. The van der Waals surface area contributed by atoms with Crippen molar-refractivity contribution in [2.45, 2.75) is 0 Å². The number of nitriles is 1. The Hall–Kier alpha value is -5.79. The molecule has 0 atom stereocenters. The molecule has 2 aromatic heterocycles. The van der Waals surface area contributed by atoms with Crippen molar-refractivity contribution in [1.82, 2.24) is 9.13 Å². The normalized spacial score (nSPS) is 11.4. The van der Waals surface area contributed by atoms with Gasteiger partial charge in [0.1, 0.15) is 11.8 Å². The predicted molar refractivity (Wildman–Crippen MR) is 172 cm³/mol. The number of hydrogen-bond acceptors (Lipinski definition) is 2. The van der Waals surface area contributed by atoms with Crippen molar-refractivity contribution in [3.05, 3.63) is 139 Å². The summed E-state index contributed by atoms with van der Waals surface area (Å²) in [7, 11) is 1.59. The van der Waals surface area contributed by atoms with Gasteiger partial charge in [-0.15, -0.1) is 0 Å². The molecule has 4 heteroatoms. The molecule has 2 heterocycles. The van der Waals surface area contributed by atoms with Crippen LogP contribution in [0.15, 0.2) is 133 Å². The molecule has 4 nitrogen and oxygen atoms in total. The number of hydrogen-bond donors (Lipinski definition) is 0. The zero-order valence-corrected chi connectivity index (χ0v) is 23.0. The van der Waals surface area contributed by atoms with E-state index in [0.29, 0.717) is 11.3 Å². The Kier molecular flexibility index (Phi) is 5.38. The maximum absolute atomic E-state index is 9.73. The van der Waals surface area contributed by atoms with Gasteiger partial charge in [0.25, 0.3) is 0 Å². The van der Waals surface area contributed by atoms with Crippen LogP contribution in [0.1, 0.15) is 5.56 Å². The number of nitrogens with zero attached hydrogens (tertiary/aromatic N) is 3. The van der Waals surface area contributed by atoms with Gasteiger partial charge in [0.2, 0.25) is 0 Å². The first-order valence-corrected chi connectivity index (χ1v) is 14.0. The summed E-state index contributed by atoms with van der Waals surface area (Å²) in [6.45, 7) is 0. The van der Waals surface area contributed by atoms with E-state index in [1.54, 1.807) is 7.11 Å². The van der Waals surface area contributed by atoms with Crippen molar-refractivity contribution in [3.63, 3.8) is 0 Å². The van der Waals surface area contributed by atoms with Crippen LogP contribution in [0.3, 0.4) is 0 Å². The standard InChI is InChI=1S/C38H25N3O/c1-42-38-20-17-29(21-27(38)24-39)41-35-14-8-6-12-31(35)33-23-26(16-19-37(33)41)25-15-18-36-32(22-25)30-11-5-7-13-34(30)40(36)28-9-3-2-4-10-28/h2-23H,1H3. The number of methoxy groups -OCH3 is 1. The molecule has 42 heavy (non-hydrogen) atoms. The fourth-order valence-electron chi connectivity index (χ4n) is 6.36. The fourth-order valence-corrected chi connectivity index (χ4v) is 6.36. The monoisotopic (exact) mass is 539 g/mol. The van der Waals surface area contributed by atoms with E-state index in [4.69, 9.17) is 4.74 Å². The van der Waals surface area contributed by atoms with Gasteiger partial charge in [-0.05, 0) is 77.9 Å². The van der Waals surface area contributed by atoms with Gasteiger partial charge in [-0.3, -0.25) is 0 Å². The molecular weight excluding hydrogens is 514 g/mol. The van der Waals surface area contributed by atoms with Crippen LogP contribution in [0.5, 0.6) is 5.75 Å². The Morgan fingerprint density at radius 1 is 0.500 bits per heavy atom. The van der Waals surface area contributed by atoms with Gasteiger partial charge in [-0.1, -0.05) is 66.7 Å². The smallest absolute Gasteiger partial charge is 0.136 e. The number of ether oxygens (including phenoxy) is 1. The van der Waals surface area contributed by atoms with Crippen LogP contribution in [0, 0.1) is 11.3 Å². The van der Waals surface area contributed by atoms with Gasteiger partial charge >= 0.3 is 0 Å². The molecule has 0 saturated carbocycles. The summed E-state index contributed by atoms with van der Waals surface area (Å²) in [4.78, 5) is 0. The highest BCUT2D eigenvalue weighted by Gasteiger charge is 2.16. The van der Waals surface area contributed by atoms with E-state index in [1.165, 1.54) is 38.1 Å². The summed E-state index contributed by atoms with van der Waals surface area (Å²) in [5, 5.41) is 14.5. The third-order valence-corrected chi connectivity index (χ3v) is 8.25. The van der Waals surface area contributed by atoms with E-state index in [9.17, 15) is 5.26 Å². The minimum absolute atomic E-state index is 0.514. The largest absolute Gasteiger partial charge is 0.495 e. The van der Waals surface area contributed by atoms with E-state index in [2.05, 4.69) is 130 Å². The highest BCUT2D eigenvalue weighted by atomic mass is 16.5. The molecule has 0 N–H and O–H groups in total. The summed E-state index contributed by atoms with van der Waals surface area (Å²) >= 11 is 0. The fraction of sp³-hybridized carbons (Fsp3) is 0.0263. The molecule has 0 aliphatic carbocycles. The Morgan fingerprint density at radius 2 is 1.02 bits per heavy atom. The average Bonchev–Trinajstić information content (AvgIpc) is 3.57. The van der Waals surface area contributed by atoms with Crippen LogP contribution in [-0.4, -0.2) is 16.2 Å². The van der Waals surface area contributed by atoms with Crippen LogP contribution < -0.4 is 4.74 Å². The van der Waals surface area contributed by atoms with E-state index in [1.807, 2.05) is 18.2 Å². The molecule has 0 aliphatic heterocycles. The van der Waals surface area contributed by atoms with Crippen LogP contribution in [-0.2, 0) is 0 Å². The van der Waals surface area contributed by atoms with Gasteiger partial charge in [-0.25, -0.2) is 0 Å². The summed E-state index contributed by atoms with van der Waals surface area (Å²) in [6, 6.07) is 49.1. The van der Waals surface area contributed by atoms with Crippen molar-refractivity contribution in [2.75, 3.05) is 7.11 Å². The molecule has 0 bridgehead atoms. The molecule has 6 aromatic carbocycles. The van der Waals surface area contributed by atoms with Crippen molar-refractivity contribution in [3.8, 4) is 34.3 Å². The average molecular weight is 540 g/mol. The van der Waals surface area contributed by atoms with Crippen LogP contribution in [0.25, 0.3) is 66.1 Å². The maximum atomic E-state index is 9.73. The lowest BCUT2D eigenvalue weighted by Gasteiger charge is -2.11. The van der Waals surface area contributed by atoms with Gasteiger partial charge in [0.05, 0.1) is 34.7 Å². The second-order valence-corrected chi connectivity index (χ2v) is 10.5. The number of aromatic nitrogens is 2. The zero-order chi connectivity index (χ0) is 28.2. The van der Waals surface area contributed by atoms with Crippen molar-refractivity contribution >= 4 is 43.6 Å². The quantitative estimate of drug-likeness (QED) is 0.224. The van der Waals surface area contributed by atoms with Gasteiger partial charge in [0, 0.05) is 32.9 Å². The maximum Gasteiger partial charge on any atom is 0.136 e. The first-order chi connectivity index (χ1) is 20.7. The molecular formula is C38H25N3O. The molecule has 8 rings (SSSR count). The van der Waals surface area contributed by atoms with E-state index in [-0.39, 0.29) is 0 Å². The third-order valence-electron chi connectivity index (χ3n) is 8.25. The topological polar surface area (TPSA) is 42.9 Å². The van der Waals surface area contributed by atoms with Gasteiger partial charge in [-0.2, -0.15) is 5.26 Å². The number of para-hydroxylation sites is 3. The van der Waals surface area contributed by atoms with Gasteiger partial charge in [0.15, 0.2) is 0 Å². The van der Waals surface area contributed by atoms with Gasteiger partial charge < -0.3 is 13.9 Å². The molecule has 0 spiro atoms. The van der Waals surface area contributed by atoms with Crippen molar-refractivity contribution < 1.29 is 4.74 Å². The highest BCUT2D eigenvalue weighted by Crippen LogP contribution is 2.38. The second kappa shape index (κ2) is 9.40. The van der Waals surface area contributed by atoms with Crippen molar-refractivity contribution in [2.24, 2.45) is 0 Å². The molecule has 198 valence electrons. The molecule has 8 aromatic rings. The van der Waals surface area contributed by atoms with Crippen molar-refractivity contribution in [1.29, 1.82) is 5.26 Å². The van der Waals surface area contributed by atoms with Crippen LogP contribution >= 0.6 is 0 Å². The summed E-state index contributed by atoms with van der Waals surface area (Å²) in [5.41, 5.74) is 9.52. The van der Waals surface area contributed by atoms with Crippen LogP contribution in [0.4, 0.5) is 0 Å². The molecule has 0 unspecified atom stereocenters. The minimum Gasteiger partial charge on any atom is -0.495 e. The van der Waals surface area contributed by atoms with E-state index in [0.717, 1.165) is 28.0 Å². The molecule has 0 fully saturated rings. The Morgan fingerprint density at radius 3 is 1.60 bits per heavy atom. The summed E-state index contributed by atoms with van der Waals surface area (Å²) in [5.74, 6) is 0.577. The summed E-state index contributed by atoms with van der Waals surface area (Å²) in [6.07, 6.45) is 0. The van der Waals surface area contributed by atoms with E-state index >= 15 is 0 Å². The SMILES string of the molecule is COc1ccc(-n2c3ccccc3c3cc(-c4ccc5c(c4)c4ccccc4n5-c4ccccc4)ccc32)cc1C#N. The number of fused-ring (bicyclic) bond motifs is 6. The first kappa shape index (κ1) is 24.0. The number of benzene rings is 6. The Labute approximate surface area is 242 Å². The van der Waals surface area contributed by atoms with E-state index < -0.39 is 0 Å². The lowest BCUT2D eigenvalue weighted by atomic mass is 10.0. The van der Waals surface area contributed by atoms with Crippen LogP contribution in [0.2, 0.25) is 0 Å². The second-order valence-electron chi connectivity index (χ2n) is 10.5. The first-order valence-electron chi connectivity index (χ1n) is 14.0. The molecule has 0 amide bonds. The molecule has 0 radical (unpaired) electrons. The molecule has 0 aliphatic rings. The predicted octanol–water partition coefficient (Wildman–Crippen LogP) is 9.43. The minimum atomic E-state index is 0.514. The Bertz CT molecular complexity index is 2350. The highest BCUT2D eigenvalue weighted by molar-refractivity contribution is 6.12. The summed E-state index contributed by atoms with van der Waals surface area (Å²) < 4.78 is 9.97.